The van der Waals surface area contributed by atoms with E-state index in [0.29, 0.717) is 10.6 Å². The lowest BCUT2D eigenvalue weighted by Gasteiger charge is -2.10. The van der Waals surface area contributed by atoms with Gasteiger partial charge in [-0.2, -0.15) is 0 Å². The number of carbonyl (C=O) groups is 1. The quantitative estimate of drug-likeness (QED) is 0.805. The summed E-state index contributed by atoms with van der Waals surface area (Å²) < 4.78 is 0. The van der Waals surface area contributed by atoms with Crippen LogP contribution in [0.4, 0.5) is 0 Å². The molecule has 0 bridgehead atoms. The molecule has 0 fully saturated rings. The van der Waals surface area contributed by atoms with Gasteiger partial charge in [-0.25, -0.2) is 0 Å². The maximum atomic E-state index is 10.8. The summed E-state index contributed by atoms with van der Waals surface area (Å²) in [5.74, 6) is -1.62. The molecule has 0 saturated heterocycles. The minimum absolute atomic E-state index is 0.149. The van der Waals surface area contributed by atoms with Gasteiger partial charge in [-0.1, -0.05) is 23.7 Å². The van der Waals surface area contributed by atoms with Crippen LogP contribution in [0.2, 0.25) is 5.02 Å². The molecule has 2 N–H and O–H groups in total. The Morgan fingerprint density at radius 2 is 2.21 bits per heavy atom. The summed E-state index contributed by atoms with van der Waals surface area (Å²) in [6.45, 7) is -0.149. The number of aliphatic carboxylic acids is 1. The Morgan fingerprint density at radius 3 is 2.71 bits per heavy atom. The molecule has 0 heterocycles. The Labute approximate surface area is 86.9 Å². The van der Waals surface area contributed by atoms with E-state index in [1.807, 2.05) is 0 Å². The molecule has 0 spiro atoms. The maximum absolute atomic E-state index is 10.8. The van der Waals surface area contributed by atoms with E-state index in [1.165, 1.54) is 0 Å². The van der Waals surface area contributed by atoms with Crippen LogP contribution in [-0.4, -0.2) is 22.8 Å². The number of hydrogen-bond acceptors (Lipinski definition) is 2. The molecule has 0 radical (unpaired) electrons. The summed E-state index contributed by atoms with van der Waals surface area (Å²) in [6.07, 6.45) is 0.204. The number of rotatable bonds is 4. The highest BCUT2D eigenvalue weighted by Crippen LogP contribution is 2.22. The average Bonchev–Trinajstić information content (AvgIpc) is 2.13. The van der Waals surface area contributed by atoms with Crippen molar-refractivity contribution in [1.29, 1.82) is 0 Å². The van der Waals surface area contributed by atoms with Crippen molar-refractivity contribution in [2.75, 3.05) is 6.61 Å². The van der Waals surface area contributed by atoms with Gasteiger partial charge >= 0.3 is 5.97 Å². The highest BCUT2D eigenvalue weighted by Gasteiger charge is 2.18. The zero-order valence-electron chi connectivity index (χ0n) is 7.48. The van der Waals surface area contributed by atoms with E-state index in [-0.39, 0.29) is 13.0 Å². The van der Waals surface area contributed by atoms with Gasteiger partial charge in [0.2, 0.25) is 0 Å². The second-order valence-electron chi connectivity index (χ2n) is 2.96. The van der Waals surface area contributed by atoms with E-state index >= 15 is 0 Å². The smallest absolute Gasteiger partial charge is 0.311 e. The minimum atomic E-state index is -0.943. The number of halogens is 1. The summed E-state index contributed by atoms with van der Waals surface area (Å²) in [4.78, 5) is 10.8. The number of benzene rings is 1. The first-order chi connectivity index (χ1) is 6.65. The van der Waals surface area contributed by atoms with Crippen LogP contribution >= 0.6 is 11.6 Å². The first-order valence-electron chi connectivity index (χ1n) is 4.24. The Balaban J connectivity index is 2.93. The van der Waals surface area contributed by atoms with Gasteiger partial charge < -0.3 is 10.2 Å². The Kier molecular flexibility index (Phi) is 3.92. The fraction of sp³-hybridized carbons (Fsp3) is 0.300. The summed E-state index contributed by atoms with van der Waals surface area (Å²) in [5.41, 5.74) is 0.624. The topological polar surface area (TPSA) is 57.5 Å². The Hall–Kier alpha value is -1.06. The molecule has 0 amide bonds. The molecular weight excluding hydrogens is 204 g/mol. The van der Waals surface area contributed by atoms with E-state index in [1.54, 1.807) is 24.3 Å². The molecule has 1 aromatic carbocycles. The van der Waals surface area contributed by atoms with Crippen molar-refractivity contribution >= 4 is 17.6 Å². The van der Waals surface area contributed by atoms with Gasteiger partial charge in [-0.05, 0) is 24.1 Å². The first-order valence-corrected chi connectivity index (χ1v) is 4.62. The number of hydrogen-bond donors (Lipinski definition) is 2. The van der Waals surface area contributed by atoms with Crippen LogP contribution in [0, 0.1) is 0 Å². The summed E-state index contributed by atoms with van der Waals surface area (Å²) >= 11 is 5.74. The highest BCUT2D eigenvalue weighted by molar-refractivity contribution is 6.30. The number of carboxylic acids is 1. The molecule has 0 saturated carbocycles. The van der Waals surface area contributed by atoms with Crippen LogP contribution in [0.1, 0.15) is 17.9 Å². The fourth-order valence-corrected chi connectivity index (χ4v) is 1.48. The number of aliphatic hydroxyl groups excluding tert-OH is 1. The van der Waals surface area contributed by atoms with Crippen LogP contribution in [-0.2, 0) is 4.79 Å². The molecule has 1 unspecified atom stereocenters. The molecule has 4 heteroatoms. The van der Waals surface area contributed by atoms with Crippen LogP contribution in [0.25, 0.3) is 0 Å². The normalized spacial score (nSPS) is 12.4. The zero-order valence-corrected chi connectivity index (χ0v) is 8.24. The molecule has 1 atom stereocenters. The van der Waals surface area contributed by atoms with E-state index < -0.39 is 11.9 Å². The molecule has 1 aromatic rings. The van der Waals surface area contributed by atoms with Gasteiger partial charge in [0.1, 0.15) is 0 Å². The molecule has 0 aliphatic carbocycles. The van der Waals surface area contributed by atoms with Crippen molar-refractivity contribution in [3.63, 3.8) is 0 Å². The lowest BCUT2D eigenvalue weighted by molar-refractivity contribution is -0.139. The molecule has 1 rings (SSSR count). The van der Waals surface area contributed by atoms with Gasteiger partial charge in [0, 0.05) is 11.6 Å². The molecule has 76 valence electrons. The predicted octanol–water partition coefficient (Wildman–Crippen LogP) is 1.89. The summed E-state index contributed by atoms with van der Waals surface area (Å²) in [6, 6.07) is 6.68. The van der Waals surface area contributed by atoms with Gasteiger partial charge in [0.05, 0.1) is 5.92 Å². The monoisotopic (exact) mass is 214 g/mol. The van der Waals surface area contributed by atoms with E-state index in [2.05, 4.69) is 0 Å². The molecular formula is C10H11ClO3. The van der Waals surface area contributed by atoms with Gasteiger partial charge in [0.25, 0.3) is 0 Å². The van der Waals surface area contributed by atoms with Crippen molar-refractivity contribution < 1.29 is 15.0 Å². The summed E-state index contributed by atoms with van der Waals surface area (Å²) in [5, 5.41) is 18.1. The maximum Gasteiger partial charge on any atom is 0.311 e. The second-order valence-corrected chi connectivity index (χ2v) is 3.39. The van der Waals surface area contributed by atoms with E-state index in [4.69, 9.17) is 21.8 Å². The van der Waals surface area contributed by atoms with E-state index in [0.717, 1.165) is 0 Å². The Bertz CT molecular complexity index is 325. The van der Waals surface area contributed by atoms with Crippen molar-refractivity contribution in [3.05, 3.63) is 34.9 Å². The van der Waals surface area contributed by atoms with Crippen LogP contribution in [0.5, 0.6) is 0 Å². The van der Waals surface area contributed by atoms with Crippen LogP contribution in [0.3, 0.4) is 0 Å². The first kappa shape index (κ1) is 11.0. The second kappa shape index (κ2) is 4.98. The van der Waals surface area contributed by atoms with Gasteiger partial charge in [-0.3, -0.25) is 4.79 Å². The van der Waals surface area contributed by atoms with Crippen LogP contribution in [0.15, 0.2) is 24.3 Å². The molecule has 0 aromatic heterocycles. The van der Waals surface area contributed by atoms with Crippen molar-refractivity contribution in [1.82, 2.24) is 0 Å². The zero-order chi connectivity index (χ0) is 10.6. The third-order valence-electron chi connectivity index (χ3n) is 1.97. The standard InChI is InChI=1S/C10H11ClO3/c11-8-3-1-2-7(6-8)9(4-5-12)10(13)14/h1-3,6,9,12H,4-5H2,(H,13,14). The lowest BCUT2D eigenvalue weighted by atomic mass is 9.96. The van der Waals surface area contributed by atoms with Gasteiger partial charge in [-0.15, -0.1) is 0 Å². The largest absolute Gasteiger partial charge is 0.481 e. The van der Waals surface area contributed by atoms with Crippen molar-refractivity contribution in [2.45, 2.75) is 12.3 Å². The summed E-state index contributed by atoms with van der Waals surface area (Å²) in [7, 11) is 0. The van der Waals surface area contributed by atoms with Crippen molar-refractivity contribution in [2.24, 2.45) is 0 Å². The average molecular weight is 215 g/mol. The number of carboxylic acid groups (broad SMARTS) is 1. The number of aliphatic hydroxyl groups is 1. The minimum Gasteiger partial charge on any atom is -0.481 e. The molecule has 3 nitrogen and oxygen atoms in total. The van der Waals surface area contributed by atoms with E-state index in [9.17, 15) is 4.79 Å². The van der Waals surface area contributed by atoms with Crippen LogP contribution < -0.4 is 0 Å². The highest BCUT2D eigenvalue weighted by atomic mass is 35.5. The van der Waals surface area contributed by atoms with Crippen molar-refractivity contribution in [3.8, 4) is 0 Å². The fourth-order valence-electron chi connectivity index (χ4n) is 1.29. The lowest BCUT2D eigenvalue weighted by Crippen LogP contribution is -2.13. The van der Waals surface area contributed by atoms with Gasteiger partial charge in [0.15, 0.2) is 0 Å². The molecule has 0 aliphatic heterocycles. The Morgan fingerprint density at radius 1 is 1.50 bits per heavy atom. The molecule has 0 aliphatic rings. The molecule has 14 heavy (non-hydrogen) atoms. The predicted molar refractivity (Wildman–Crippen MR) is 53.5 cm³/mol. The SMILES string of the molecule is O=C(O)C(CCO)c1cccc(Cl)c1. The third kappa shape index (κ3) is 2.72. The third-order valence-corrected chi connectivity index (χ3v) is 2.20.